The summed E-state index contributed by atoms with van der Waals surface area (Å²) in [6.07, 6.45) is -0.345. The van der Waals surface area contributed by atoms with Crippen molar-refractivity contribution in [2.45, 2.75) is 13.3 Å². The van der Waals surface area contributed by atoms with Crippen molar-refractivity contribution in [2.75, 3.05) is 0 Å². The van der Waals surface area contributed by atoms with Crippen LogP contribution in [0, 0.1) is 34.9 Å². The number of halogens is 6. The number of hydrogen-bond acceptors (Lipinski definition) is 2. The third-order valence-electron chi connectivity index (χ3n) is 2.69. The highest BCUT2D eigenvalue weighted by Crippen LogP contribution is 2.15. The zero-order chi connectivity index (χ0) is 18.4. The lowest BCUT2D eigenvalue weighted by Gasteiger charge is -2.01. The SMILES string of the molecule is CC(=O)Cc1c(F)cc(F)cc1F.O=Cc1c(F)cc(F)cc1F. The summed E-state index contributed by atoms with van der Waals surface area (Å²) in [6.45, 7) is 1.21. The van der Waals surface area contributed by atoms with E-state index in [0.717, 1.165) is 0 Å². The van der Waals surface area contributed by atoms with Crippen LogP contribution >= 0.6 is 0 Å². The zero-order valence-electron chi connectivity index (χ0n) is 12.2. The van der Waals surface area contributed by atoms with E-state index < -0.39 is 40.5 Å². The number of Topliss-reactive ketones (excluding diaryl/α,β-unsaturated/α-hetero) is 1. The Bertz CT molecular complexity index is 727. The van der Waals surface area contributed by atoms with Gasteiger partial charge in [-0.15, -0.1) is 0 Å². The number of hydrogen-bond donors (Lipinski definition) is 0. The van der Waals surface area contributed by atoms with Crippen LogP contribution in [0.25, 0.3) is 0 Å². The topological polar surface area (TPSA) is 34.1 Å². The van der Waals surface area contributed by atoms with E-state index in [2.05, 4.69) is 0 Å². The van der Waals surface area contributed by atoms with Crippen LogP contribution in [0.5, 0.6) is 0 Å². The second-order valence-electron chi connectivity index (χ2n) is 4.63. The average molecular weight is 348 g/mol. The van der Waals surface area contributed by atoms with Gasteiger partial charge in [0.15, 0.2) is 6.29 Å². The first kappa shape index (κ1) is 19.4. The Labute approximate surface area is 132 Å². The van der Waals surface area contributed by atoms with E-state index in [9.17, 15) is 35.9 Å². The van der Waals surface area contributed by atoms with E-state index in [1.165, 1.54) is 6.92 Å². The first-order valence-electron chi connectivity index (χ1n) is 6.38. The maximum absolute atomic E-state index is 12.8. The monoisotopic (exact) mass is 348 g/mol. The fourth-order valence-corrected chi connectivity index (χ4v) is 1.66. The molecular formula is C16H10F6O2. The fourth-order valence-electron chi connectivity index (χ4n) is 1.66. The maximum Gasteiger partial charge on any atom is 0.155 e. The second kappa shape index (κ2) is 8.28. The van der Waals surface area contributed by atoms with Gasteiger partial charge in [0.2, 0.25) is 0 Å². The molecule has 2 nitrogen and oxygen atoms in total. The molecule has 0 aliphatic heterocycles. The molecule has 0 fully saturated rings. The van der Waals surface area contributed by atoms with E-state index in [4.69, 9.17) is 0 Å². The molecule has 8 heteroatoms. The van der Waals surface area contributed by atoms with Gasteiger partial charge in [0.1, 0.15) is 40.7 Å². The molecule has 0 saturated carbocycles. The molecule has 0 spiro atoms. The number of carbonyl (C=O) groups is 2. The van der Waals surface area contributed by atoms with Gasteiger partial charge in [-0.2, -0.15) is 0 Å². The Morgan fingerprint density at radius 2 is 1.21 bits per heavy atom. The Hall–Kier alpha value is -2.64. The van der Waals surface area contributed by atoms with Crippen molar-refractivity contribution in [3.63, 3.8) is 0 Å². The minimum atomic E-state index is -1.18. The van der Waals surface area contributed by atoms with E-state index >= 15 is 0 Å². The highest BCUT2D eigenvalue weighted by atomic mass is 19.2. The van der Waals surface area contributed by atoms with Crippen molar-refractivity contribution in [1.82, 2.24) is 0 Å². The van der Waals surface area contributed by atoms with Gasteiger partial charge in [0, 0.05) is 36.2 Å². The van der Waals surface area contributed by atoms with E-state index in [1.54, 1.807) is 0 Å². The van der Waals surface area contributed by atoms with Gasteiger partial charge in [0.25, 0.3) is 0 Å². The molecule has 0 heterocycles. The van der Waals surface area contributed by atoms with Crippen LogP contribution in [-0.2, 0) is 11.2 Å². The molecule has 0 atom stereocenters. The van der Waals surface area contributed by atoms with Crippen LogP contribution in [0.1, 0.15) is 22.8 Å². The van der Waals surface area contributed by atoms with Gasteiger partial charge in [-0.1, -0.05) is 0 Å². The van der Waals surface area contributed by atoms with Gasteiger partial charge in [0.05, 0.1) is 5.56 Å². The standard InChI is InChI=1S/C9H7F3O.C7H3F3O/c1-5(13)2-7-8(11)3-6(10)4-9(7)12;8-4-1-6(9)5(3-11)7(10)2-4/h3-4H,2H2,1H3;1-3H. The number of benzene rings is 2. The molecule has 0 bridgehead atoms. The Morgan fingerprint density at radius 1 is 0.833 bits per heavy atom. The molecule has 0 amide bonds. The minimum absolute atomic E-state index is 0.00407. The van der Waals surface area contributed by atoms with Gasteiger partial charge in [-0.25, -0.2) is 26.3 Å². The van der Waals surface area contributed by atoms with E-state index in [1.807, 2.05) is 0 Å². The summed E-state index contributed by atoms with van der Waals surface area (Å²) in [4.78, 5) is 20.5. The lowest BCUT2D eigenvalue weighted by atomic mass is 10.1. The van der Waals surface area contributed by atoms with Crippen LogP contribution in [0.3, 0.4) is 0 Å². The summed E-state index contributed by atoms with van der Waals surface area (Å²) in [5.74, 6) is -6.80. The van der Waals surface area contributed by atoms with Crippen LogP contribution in [0.4, 0.5) is 26.3 Å². The van der Waals surface area contributed by atoms with Gasteiger partial charge < -0.3 is 0 Å². The molecule has 2 aromatic rings. The van der Waals surface area contributed by atoms with Crippen molar-refractivity contribution >= 4 is 12.1 Å². The number of carbonyl (C=O) groups excluding carboxylic acids is 2. The third kappa shape index (κ3) is 5.22. The first-order valence-corrected chi connectivity index (χ1v) is 6.38. The molecule has 0 unspecified atom stereocenters. The van der Waals surface area contributed by atoms with Crippen molar-refractivity contribution < 1.29 is 35.9 Å². The quantitative estimate of drug-likeness (QED) is 0.617. The zero-order valence-corrected chi connectivity index (χ0v) is 12.2. The van der Waals surface area contributed by atoms with Crippen LogP contribution in [0.15, 0.2) is 24.3 Å². The van der Waals surface area contributed by atoms with E-state index in [0.29, 0.717) is 24.3 Å². The van der Waals surface area contributed by atoms with Crippen LogP contribution in [0.2, 0.25) is 0 Å². The normalized spacial score (nSPS) is 9.96. The van der Waals surface area contributed by atoms with Gasteiger partial charge in [-0.05, 0) is 6.92 Å². The first-order chi connectivity index (χ1) is 11.1. The summed E-state index contributed by atoms with van der Waals surface area (Å²) in [6, 6.07) is 2.02. The lowest BCUT2D eigenvalue weighted by Crippen LogP contribution is -2.03. The van der Waals surface area contributed by atoms with Crippen LogP contribution < -0.4 is 0 Å². The summed E-state index contributed by atoms with van der Waals surface area (Å²) in [5, 5.41) is 0. The largest absolute Gasteiger partial charge is 0.300 e. The highest BCUT2D eigenvalue weighted by molar-refractivity contribution is 5.78. The molecule has 2 aromatic carbocycles. The molecule has 0 aromatic heterocycles. The summed E-state index contributed by atoms with van der Waals surface area (Å²) < 4.78 is 75.0. The molecule has 0 radical (unpaired) electrons. The average Bonchev–Trinajstić information content (AvgIpc) is 2.42. The molecule has 0 aliphatic rings. The smallest absolute Gasteiger partial charge is 0.155 e. The predicted octanol–water partition coefficient (Wildman–Crippen LogP) is 4.15. The minimum Gasteiger partial charge on any atom is -0.300 e. The lowest BCUT2D eigenvalue weighted by molar-refractivity contribution is -0.116. The molecule has 24 heavy (non-hydrogen) atoms. The molecule has 0 N–H and O–H groups in total. The van der Waals surface area contributed by atoms with Crippen molar-refractivity contribution in [1.29, 1.82) is 0 Å². The Morgan fingerprint density at radius 3 is 1.54 bits per heavy atom. The summed E-state index contributed by atoms with van der Waals surface area (Å²) in [5.41, 5.74) is -1.12. The molecule has 2 rings (SSSR count). The highest BCUT2D eigenvalue weighted by Gasteiger charge is 2.12. The van der Waals surface area contributed by atoms with Gasteiger partial charge >= 0.3 is 0 Å². The molecular weight excluding hydrogens is 338 g/mol. The summed E-state index contributed by atoms with van der Waals surface area (Å²) in [7, 11) is 0. The predicted molar refractivity (Wildman–Crippen MR) is 72.4 cm³/mol. The van der Waals surface area contributed by atoms with Crippen molar-refractivity contribution in [3.8, 4) is 0 Å². The molecule has 0 saturated heterocycles. The van der Waals surface area contributed by atoms with Gasteiger partial charge in [-0.3, -0.25) is 9.59 Å². The maximum atomic E-state index is 12.8. The third-order valence-corrected chi connectivity index (χ3v) is 2.69. The number of ketones is 1. The Kier molecular flexibility index (Phi) is 6.69. The Balaban J connectivity index is 0.000000243. The molecule has 128 valence electrons. The summed E-state index contributed by atoms with van der Waals surface area (Å²) >= 11 is 0. The fraction of sp³-hybridized carbons (Fsp3) is 0.125. The van der Waals surface area contributed by atoms with E-state index in [-0.39, 0.29) is 24.1 Å². The van der Waals surface area contributed by atoms with Crippen molar-refractivity contribution in [2.24, 2.45) is 0 Å². The number of rotatable bonds is 3. The molecule has 0 aliphatic carbocycles. The van der Waals surface area contributed by atoms with Crippen LogP contribution in [-0.4, -0.2) is 12.1 Å². The number of aldehydes is 1. The second-order valence-corrected chi connectivity index (χ2v) is 4.63. The van der Waals surface area contributed by atoms with Crippen molar-refractivity contribution in [3.05, 3.63) is 70.3 Å².